The molecule has 5 nitrogen and oxygen atoms in total. The molecule has 0 saturated heterocycles. The van der Waals surface area contributed by atoms with Gasteiger partial charge in [0.1, 0.15) is 0 Å². The number of carboxylic acids is 1. The van der Waals surface area contributed by atoms with E-state index in [1.165, 1.54) is 24.3 Å². The van der Waals surface area contributed by atoms with Crippen LogP contribution in [0.15, 0.2) is 42.6 Å². The summed E-state index contributed by atoms with van der Waals surface area (Å²) in [5, 5.41) is 11.4. The minimum Gasteiger partial charge on any atom is -0.478 e. The van der Waals surface area contributed by atoms with E-state index < -0.39 is 17.8 Å². The lowest BCUT2D eigenvalue weighted by atomic mass is 10.1. The van der Waals surface area contributed by atoms with Crippen molar-refractivity contribution in [1.29, 1.82) is 0 Å². The first kappa shape index (κ1) is 12.7. The van der Waals surface area contributed by atoms with Gasteiger partial charge in [0.25, 0.3) is 5.91 Å². The molecular weight excluding hydrogens is 251 g/mol. The van der Waals surface area contributed by atoms with Crippen LogP contribution in [-0.2, 0) is 0 Å². The molecule has 0 aliphatic rings. The van der Waals surface area contributed by atoms with Crippen LogP contribution in [0.5, 0.6) is 0 Å². The number of aromatic carboxylic acids is 1. The van der Waals surface area contributed by atoms with E-state index in [0.29, 0.717) is 0 Å². The van der Waals surface area contributed by atoms with Gasteiger partial charge in [0.15, 0.2) is 0 Å². The van der Waals surface area contributed by atoms with Crippen LogP contribution in [0.4, 0.5) is 10.1 Å². The number of carbonyl (C=O) groups excluding carboxylic acids is 1. The van der Waals surface area contributed by atoms with Crippen molar-refractivity contribution in [2.75, 3.05) is 5.32 Å². The van der Waals surface area contributed by atoms with E-state index in [1.54, 1.807) is 6.07 Å². The molecule has 19 heavy (non-hydrogen) atoms. The third-order valence-electron chi connectivity index (χ3n) is 2.39. The van der Waals surface area contributed by atoms with Crippen molar-refractivity contribution in [3.63, 3.8) is 0 Å². The average molecular weight is 260 g/mol. The number of pyridine rings is 1. The highest BCUT2D eigenvalue weighted by Gasteiger charge is 2.15. The Labute approximate surface area is 107 Å². The minimum absolute atomic E-state index is 0.0272. The summed E-state index contributed by atoms with van der Waals surface area (Å²) in [6.07, 6.45) is 1.15. The maximum atomic E-state index is 12.6. The van der Waals surface area contributed by atoms with Crippen LogP contribution in [0.25, 0.3) is 0 Å². The third kappa shape index (κ3) is 2.92. The Morgan fingerprint density at radius 1 is 1.11 bits per heavy atom. The average Bonchev–Trinajstić information content (AvgIpc) is 2.41. The molecule has 1 heterocycles. The smallest absolute Gasteiger partial charge is 0.336 e. The Hall–Kier alpha value is -2.76. The number of halogens is 1. The summed E-state index contributed by atoms with van der Waals surface area (Å²) in [6.45, 7) is 0. The van der Waals surface area contributed by atoms with Gasteiger partial charge in [-0.25, -0.2) is 9.78 Å². The molecule has 2 rings (SSSR count). The molecule has 1 aromatic carbocycles. The number of rotatable bonds is 3. The number of benzene rings is 1. The number of hydrogen-bond donors (Lipinski definition) is 2. The molecule has 0 saturated carbocycles. The molecule has 1 aromatic heterocycles. The number of carboxylic acid groups (broad SMARTS) is 1. The van der Waals surface area contributed by atoms with Crippen molar-refractivity contribution in [2.24, 2.45) is 0 Å². The van der Waals surface area contributed by atoms with Gasteiger partial charge >= 0.3 is 5.97 Å². The van der Waals surface area contributed by atoms with Crippen LogP contribution >= 0.6 is 0 Å². The summed E-state index contributed by atoms with van der Waals surface area (Å²) in [6, 6.07) is 8.25. The van der Waals surface area contributed by atoms with Gasteiger partial charge in [0.05, 0.1) is 23.0 Å². The predicted molar refractivity (Wildman–Crippen MR) is 65.5 cm³/mol. The van der Waals surface area contributed by atoms with E-state index >= 15 is 0 Å². The Morgan fingerprint density at radius 3 is 2.37 bits per heavy atom. The van der Waals surface area contributed by atoms with Gasteiger partial charge in [0.2, 0.25) is 5.95 Å². The second-order valence-corrected chi connectivity index (χ2v) is 3.67. The first-order valence-corrected chi connectivity index (χ1v) is 5.33. The molecule has 0 fully saturated rings. The molecule has 96 valence electrons. The highest BCUT2D eigenvalue weighted by atomic mass is 19.1. The summed E-state index contributed by atoms with van der Waals surface area (Å²) in [7, 11) is 0. The second-order valence-electron chi connectivity index (χ2n) is 3.67. The molecule has 0 radical (unpaired) electrons. The zero-order valence-electron chi connectivity index (χ0n) is 9.63. The fourth-order valence-electron chi connectivity index (χ4n) is 1.52. The van der Waals surface area contributed by atoms with Gasteiger partial charge < -0.3 is 10.4 Å². The molecule has 2 aromatic rings. The van der Waals surface area contributed by atoms with Crippen molar-refractivity contribution in [3.05, 3.63) is 59.7 Å². The van der Waals surface area contributed by atoms with Gasteiger partial charge in [-0.2, -0.15) is 4.39 Å². The van der Waals surface area contributed by atoms with Gasteiger partial charge in [-0.3, -0.25) is 4.79 Å². The highest BCUT2D eigenvalue weighted by Crippen LogP contribution is 2.12. The van der Waals surface area contributed by atoms with Gasteiger partial charge in [-0.05, 0) is 24.3 Å². The van der Waals surface area contributed by atoms with E-state index in [4.69, 9.17) is 5.11 Å². The van der Waals surface area contributed by atoms with E-state index in [0.717, 1.165) is 12.3 Å². The topological polar surface area (TPSA) is 79.3 Å². The summed E-state index contributed by atoms with van der Waals surface area (Å²) in [4.78, 5) is 26.3. The number of carbonyl (C=O) groups is 2. The van der Waals surface area contributed by atoms with Crippen LogP contribution in [0.3, 0.4) is 0 Å². The number of nitrogens with one attached hydrogen (secondary N) is 1. The van der Waals surface area contributed by atoms with Gasteiger partial charge in [-0.1, -0.05) is 12.1 Å². The Bertz CT molecular complexity index is 626. The monoisotopic (exact) mass is 260 g/mol. The lowest BCUT2D eigenvalue weighted by molar-refractivity contribution is 0.0692. The number of nitrogens with zero attached hydrogens (tertiary/aromatic N) is 1. The zero-order valence-corrected chi connectivity index (χ0v) is 9.63. The van der Waals surface area contributed by atoms with Crippen molar-refractivity contribution >= 4 is 17.6 Å². The fourth-order valence-corrected chi connectivity index (χ4v) is 1.52. The maximum absolute atomic E-state index is 12.6. The molecule has 0 aliphatic carbocycles. The van der Waals surface area contributed by atoms with Gasteiger partial charge in [-0.15, -0.1) is 0 Å². The first-order valence-electron chi connectivity index (χ1n) is 5.33. The van der Waals surface area contributed by atoms with E-state index in [9.17, 15) is 14.0 Å². The van der Waals surface area contributed by atoms with E-state index in [2.05, 4.69) is 10.3 Å². The summed E-state index contributed by atoms with van der Waals surface area (Å²) in [5.74, 6) is -2.45. The standard InChI is InChI=1S/C13H9FN2O3/c14-11-6-5-8(7-15-11)16-12(17)9-3-1-2-4-10(9)13(18)19/h1-7H,(H,16,17)(H,18,19). The molecule has 6 heteroatoms. The van der Waals surface area contributed by atoms with Crippen molar-refractivity contribution < 1.29 is 19.1 Å². The fraction of sp³-hybridized carbons (Fsp3) is 0. The predicted octanol–water partition coefficient (Wildman–Crippen LogP) is 2.17. The van der Waals surface area contributed by atoms with Crippen LogP contribution in [-0.4, -0.2) is 22.0 Å². The summed E-state index contributed by atoms with van der Waals surface area (Å²) in [5.41, 5.74) is 0.209. The molecule has 2 N–H and O–H groups in total. The third-order valence-corrected chi connectivity index (χ3v) is 2.39. The Balaban J connectivity index is 2.25. The lowest BCUT2D eigenvalue weighted by Gasteiger charge is -2.07. The van der Waals surface area contributed by atoms with Crippen molar-refractivity contribution in [3.8, 4) is 0 Å². The first-order chi connectivity index (χ1) is 9.08. The zero-order chi connectivity index (χ0) is 13.8. The number of hydrogen-bond acceptors (Lipinski definition) is 3. The minimum atomic E-state index is -1.19. The van der Waals surface area contributed by atoms with E-state index in [1.807, 2.05) is 0 Å². The van der Waals surface area contributed by atoms with Crippen LogP contribution < -0.4 is 5.32 Å². The van der Waals surface area contributed by atoms with Crippen molar-refractivity contribution in [1.82, 2.24) is 4.98 Å². The Kier molecular flexibility index (Phi) is 3.51. The summed E-state index contributed by atoms with van der Waals surface area (Å²) >= 11 is 0. The SMILES string of the molecule is O=C(O)c1ccccc1C(=O)Nc1ccc(F)nc1. The van der Waals surface area contributed by atoms with Gasteiger partial charge in [0, 0.05) is 0 Å². The molecule has 0 bridgehead atoms. The number of amides is 1. The molecule has 0 aliphatic heterocycles. The molecule has 0 spiro atoms. The molecule has 0 atom stereocenters. The number of anilines is 1. The van der Waals surface area contributed by atoms with Crippen molar-refractivity contribution in [2.45, 2.75) is 0 Å². The molecular formula is C13H9FN2O3. The normalized spacial score (nSPS) is 9.95. The highest BCUT2D eigenvalue weighted by molar-refractivity contribution is 6.10. The number of aromatic nitrogens is 1. The largest absolute Gasteiger partial charge is 0.478 e. The second kappa shape index (κ2) is 5.26. The maximum Gasteiger partial charge on any atom is 0.336 e. The Morgan fingerprint density at radius 2 is 1.79 bits per heavy atom. The quantitative estimate of drug-likeness (QED) is 0.829. The molecule has 0 unspecified atom stereocenters. The van der Waals surface area contributed by atoms with Crippen LogP contribution in [0.1, 0.15) is 20.7 Å². The van der Waals surface area contributed by atoms with E-state index in [-0.39, 0.29) is 16.8 Å². The van der Waals surface area contributed by atoms with Crippen LogP contribution in [0, 0.1) is 5.95 Å². The summed E-state index contributed by atoms with van der Waals surface area (Å²) < 4.78 is 12.6. The van der Waals surface area contributed by atoms with Crippen LogP contribution in [0.2, 0.25) is 0 Å². The lowest BCUT2D eigenvalue weighted by Crippen LogP contribution is -2.16. The molecule has 1 amide bonds.